The topological polar surface area (TPSA) is 86.1 Å². The smallest absolute Gasteiger partial charge is 0.406 e. The Bertz CT molecular complexity index is 1070. The number of rotatable bonds is 8. The van der Waals surface area contributed by atoms with E-state index in [1.165, 1.54) is 36.8 Å². The van der Waals surface area contributed by atoms with Gasteiger partial charge in [-0.3, -0.25) is 0 Å². The number of allylic oxidation sites excluding steroid dienone is 1. The summed E-state index contributed by atoms with van der Waals surface area (Å²) in [5, 5.41) is 11.9. The number of pyridine rings is 1. The van der Waals surface area contributed by atoms with Gasteiger partial charge in [0.25, 0.3) is 0 Å². The summed E-state index contributed by atoms with van der Waals surface area (Å²) in [5.74, 6) is -0.271. The Balaban J connectivity index is 1.54. The van der Waals surface area contributed by atoms with Crippen molar-refractivity contribution >= 4 is 35.2 Å². The predicted octanol–water partition coefficient (Wildman–Crippen LogP) is 5.01. The van der Waals surface area contributed by atoms with Gasteiger partial charge < -0.3 is 20.4 Å². The Kier molecular flexibility index (Phi) is 6.73. The summed E-state index contributed by atoms with van der Waals surface area (Å²) in [4.78, 5) is 11.4. The summed E-state index contributed by atoms with van der Waals surface area (Å²) < 4.78 is 40.3. The number of ether oxygens (including phenoxy) is 1. The highest BCUT2D eigenvalue weighted by Gasteiger charge is 2.30. The fraction of sp³-hybridized carbons (Fsp3) is 0.150. The number of H-pyrrole nitrogens is 1. The van der Waals surface area contributed by atoms with E-state index >= 15 is 0 Å². The van der Waals surface area contributed by atoms with Crippen molar-refractivity contribution in [3.05, 3.63) is 70.6 Å². The predicted molar refractivity (Wildman–Crippen MR) is 110 cm³/mol. The number of halogens is 4. The van der Waals surface area contributed by atoms with Gasteiger partial charge in [0.05, 0.1) is 11.4 Å². The number of nitrogens with one attached hydrogen (secondary N) is 3. The molecular formula is C20H17ClF3N5O. The normalized spacial score (nSPS) is 12.5. The van der Waals surface area contributed by atoms with E-state index in [1.807, 2.05) is 12.3 Å². The Morgan fingerprint density at radius 1 is 1.30 bits per heavy atom. The SMILES string of the molecule is N=C/C(=C\N=C\NCc1ccc(OC(F)(F)F)cc1)Cc1c[nH]c2ncc(Cl)cc12. The summed E-state index contributed by atoms with van der Waals surface area (Å²) in [6.07, 6.45) is 3.37. The summed E-state index contributed by atoms with van der Waals surface area (Å²) in [6, 6.07) is 7.36. The van der Waals surface area contributed by atoms with E-state index < -0.39 is 6.36 Å². The summed E-state index contributed by atoms with van der Waals surface area (Å²) in [5.41, 5.74) is 3.09. The van der Waals surface area contributed by atoms with Crippen LogP contribution in [-0.4, -0.2) is 28.9 Å². The minimum atomic E-state index is -4.71. The zero-order valence-corrected chi connectivity index (χ0v) is 16.3. The van der Waals surface area contributed by atoms with E-state index in [0.717, 1.165) is 22.2 Å². The molecule has 156 valence electrons. The van der Waals surface area contributed by atoms with Crippen molar-refractivity contribution in [1.29, 1.82) is 5.41 Å². The molecule has 0 spiro atoms. The average molecular weight is 436 g/mol. The first-order valence-electron chi connectivity index (χ1n) is 8.75. The molecule has 3 rings (SSSR count). The molecule has 0 fully saturated rings. The number of nitrogens with zero attached hydrogens (tertiary/aromatic N) is 2. The molecule has 0 aliphatic carbocycles. The molecule has 3 N–H and O–H groups in total. The number of benzene rings is 1. The van der Waals surface area contributed by atoms with Crippen molar-refractivity contribution in [2.75, 3.05) is 0 Å². The van der Waals surface area contributed by atoms with Crippen LogP contribution in [0.4, 0.5) is 13.2 Å². The van der Waals surface area contributed by atoms with Crippen molar-refractivity contribution in [3.8, 4) is 5.75 Å². The Hall–Kier alpha value is -3.33. The van der Waals surface area contributed by atoms with Crippen LogP contribution in [0.25, 0.3) is 11.0 Å². The molecule has 0 aliphatic rings. The number of alkyl halides is 3. The van der Waals surface area contributed by atoms with Crippen molar-refractivity contribution in [1.82, 2.24) is 15.3 Å². The second-order valence-corrected chi connectivity index (χ2v) is 6.68. The maximum Gasteiger partial charge on any atom is 0.573 e. The van der Waals surface area contributed by atoms with Gasteiger partial charge in [-0.25, -0.2) is 9.98 Å². The minimum Gasteiger partial charge on any atom is -0.406 e. The van der Waals surface area contributed by atoms with Crippen LogP contribution < -0.4 is 10.1 Å². The van der Waals surface area contributed by atoms with E-state index in [1.54, 1.807) is 12.4 Å². The molecule has 2 heterocycles. The number of aromatic amines is 1. The highest BCUT2D eigenvalue weighted by atomic mass is 35.5. The first-order valence-corrected chi connectivity index (χ1v) is 9.12. The van der Waals surface area contributed by atoms with Gasteiger partial charge in [-0.1, -0.05) is 23.7 Å². The van der Waals surface area contributed by atoms with Crippen molar-refractivity contribution in [3.63, 3.8) is 0 Å². The molecule has 0 atom stereocenters. The second-order valence-electron chi connectivity index (χ2n) is 6.24. The van der Waals surface area contributed by atoms with Gasteiger partial charge in [0.1, 0.15) is 11.4 Å². The standard InChI is InChI=1S/C20H17ClF3N5O/c21-16-6-18-15(10-28-19(18)29-11-16)5-14(7-25)9-27-12-26-8-13-1-3-17(4-2-13)30-20(22,23)24/h1-4,6-7,9-12,25H,5,8H2,(H,26,27)(H,28,29)/b14-9-,25-7?. The number of hydrogen-bond donors (Lipinski definition) is 3. The molecular weight excluding hydrogens is 419 g/mol. The van der Waals surface area contributed by atoms with Crippen LogP contribution in [-0.2, 0) is 13.0 Å². The summed E-state index contributed by atoms with van der Waals surface area (Å²) >= 11 is 6.00. The molecule has 0 bridgehead atoms. The maximum atomic E-state index is 12.2. The monoisotopic (exact) mass is 435 g/mol. The zero-order chi connectivity index (χ0) is 21.6. The first kappa shape index (κ1) is 21.4. The third-order valence-corrected chi connectivity index (χ3v) is 4.24. The van der Waals surface area contributed by atoms with Crippen LogP contribution in [0.5, 0.6) is 5.75 Å². The lowest BCUT2D eigenvalue weighted by Gasteiger charge is -2.09. The van der Waals surface area contributed by atoms with E-state index in [2.05, 4.69) is 25.0 Å². The third kappa shape index (κ3) is 6.08. The lowest BCUT2D eigenvalue weighted by molar-refractivity contribution is -0.274. The van der Waals surface area contributed by atoms with Gasteiger partial charge >= 0.3 is 6.36 Å². The van der Waals surface area contributed by atoms with Gasteiger partial charge in [-0.05, 0) is 34.9 Å². The van der Waals surface area contributed by atoms with Crippen LogP contribution in [0.15, 0.2) is 59.5 Å². The first-order chi connectivity index (χ1) is 14.3. The molecule has 0 amide bonds. The molecule has 0 saturated heterocycles. The van der Waals surface area contributed by atoms with Gasteiger partial charge in [-0.2, -0.15) is 0 Å². The Morgan fingerprint density at radius 2 is 2.07 bits per heavy atom. The largest absolute Gasteiger partial charge is 0.573 e. The van der Waals surface area contributed by atoms with Crippen molar-refractivity contribution in [2.45, 2.75) is 19.3 Å². The maximum absolute atomic E-state index is 12.2. The molecule has 0 aliphatic heterocycles. The fourth-order valence-electron chi connectivity index (χ4n) is 2.69. The number of aromatic nitrogens is 2. The number of fused-ring (bicyclic) bond motifs is 1. The van der Waals surface area contributed by atoms with E-state index in [0.29, 0.717) is 23.6 Å². The van der Waals surface area contributed by atoms with Crippen LogP contribution in [0.1, 0.15) is 11.1 Å². The van der Waals surface area contributed by atoms with Crippen LogP contribution in [0.2, 0.25) is 5.02 Å². The fourth-order valence-corrected chi connectivity index (χ4v) is 2.85. The summed E-state index contributed by atoms with van der Waals surface area (Å²) in [7, 11) is 0. The van der Waals surface area contributed by atoms with Crippen LogP contribution in [0, 0.1) is 5.41 Å². The van der Waals surface area contributed by atoms with Crippen LogP contribution in [0.3, 0.4) is 0 Å². The minimum absolute atomic E-state index is 0.271. The lowest BCUT2D eigenvalue weighted by atomic mass is 10.1. The van der Waals surface area contributed by atoms with Crippen molar-refractivity contribution < 1.29 is 17.9 Å². The second kappa shape index (κ2) is 9.45. The molecule has 6 nitrogen and oxygen atoms in total. The van der Waals surface area contributed by atoms with Gasteiger partial charge in [-0.15, -0.1) is 13.2 Å². The number of aliphatic imine (C=N–C) groups is 1. The highest BCUT2D eigenvalue weighted by Crippen LogP contribution is 2.23. The van der Waals surface area contributed by atoms with Gasteiger partial charge in [0.15, 0.2) is 0 Å². The van der Waals surface area contributed by atoms with Gasteiger partial charge in [0.2, 0.25) is 0 Å². The molecule has 0 radical (unpaired) electrons. The average Bonchev–Trinajstić information content (AvgIpc) is 3.08. The van der Waals surface area contributed by atoms with Crippen LogP contribution >= 0.6 is 11.6 Å². The Labute approximate surface area is 175 Å². The van der Waals surface area contributed by atoms with E-state index in [4.69, 9.17) is 17.0 Å². The quantitative estimate of drug-likeness (QED) is 0.343. The molecule has 0 saturated carbocycles. The molecule has 2 aromatic heterocycles. The van der Waals surface area contributed by atoms with Crippen molar-refractivity contribution in [2.24, 2.45) is 4.99 Å². The highest BCUT2D eigenvalue weighted by molar-refractivity contribution is 6.31. The lowest BCUT2D eigenvalue weighted by Crippen LogP contribution is -2.17. The van der Waals surface area contributed by atoms with Gasteiger partial charge in [0, 0.05) is 43.2 Å². The molecule has 0 unspecified atom stereocenters. The Morgan fingerprint density at radius 3 is 2.77 bits per heavy atom. The molecule has 3 aromatic rings. The molecule has 30 heavy (non-hydrogen) atoms. The zero-order valence-electron chi connectivity index (χ0n) is 15.5. The summed E-state index contributed by atoms with van der Waals surface area (Å²) in [6.45, 7) is 0.371. The molecule has 10 heteroatoms. The van der Waals surface area contributed by atoms with E-state index in [-0.39, 0.29) is 5.75 Å². The number of hydrogen-bond acceptors (Lipinski definition) is 4. The van der Waals surface area contributed by atoms with E-state index in [9.17, 15) is 13.2 Å². The third-order valence-electron chi connectivity index (χ3n) is 4.03. The molecule has 1 aromatic carbocycles.